The maximum absolute atomic E-state index is 10.5. The van der Waals surface area contributed by atoms with E-state index in [-0.39, 0.29) is 0 Å². The summed E-state index contributed by atoms with van der Waals surface area (Å²) in [6, 6.07) is 7.81. The standard InChI is InChI=1S/C9H6INO/c10-8-2-1-3-9-7(8)4-6(5-12)11-9/h1-5,11H. The minimum atomic E-state index is 0.633. The Morgan fingerprint density at radius 3 is 2.92 bits per heavy atom. The van der Waals surface area contributed by atoms with E-state index in [2.05, 4.69) is 27.6 Å². The van der Waals surface area contributed by atoms with Gasteiger partial charge in [-0.15, -0.1) is 0 Å². The van der Waals surface area contributed by atoms with Gasteiger partial charge in [-0.25, -0.2) is 0 Å². The fourth-order valence-electron chi connectivity index (χ4n) is 1.20. The Morgan fingerprint density at radius 2 is 2.25 bits per heavy atom. The molecule has 0 fully saturated rings. The lowest BCUT2D eigenvalue weighted by atomic mass is 10.2. The van der Waals surface area contributed by atoms with Crippen molar-refractivity contribution >= 4 is 39.8 Å². The lowest BCUT2D eigenvalue weighted by Gasteiger charge is -1.90. The molecule has 1 heterocycles. The molecule has 0 unspecified atom stereocenters. The topological polar surface area (TPSA) is 32.9 Å². The molecule has 0 atom stereocenters. The van der Waals surface area contributed by atoms with Crippen LogP contribution in [0.5, 0.6) is 0 Å². The maximum Gasteiger partial charge on any atom is 0.166 e. The lowest BCUT2D eigenvalue weighted by molar-refractivity contribution is 0.112. The third-order valence-corrected chi connectivity index (χ3v) is 2.70. The zero-order valence-corrected chi connectivity index (χ0v) is 8.33. The fourth-order valence-corrected chi connectivity index (χ4v) is 1.86. The monoisotopic (exact) mass is 271 g/mol. The van der Waals surface area contributed by atoms with Gasteiger partial charge in [0.05, 0.1) is 5.69 Å². The van der Waals surface area contributed by atoms with Crippen LogP contribution in [0.1, 0.15) is 10.5 Å². The summed E-state index contributed by atoms with van der Waals surface area (Å²) in [4.78, 5) is 13.5. The second-order valence-corrected chi connectivity index (χ2v) is 3.71. The number of aromatic nitrogens is 1. The van der Waals surface area contributed by atoms with Crippen LogP contribution in [0.2, 0.25) is 0 Å². The van der Waals surface area contributed by atoms with Gasteiger partial charge in [-0.05, 0) is 40.8 Å². The van der Waals surface area contributed by atoms with Crippen LogP contribution in [0, 0.1) is 3.57 Å². The Morgan fingerprint density at radius 1 is 1.42 bits per heavy atom. The summed E-state index contributed by atoms with van der Waals surface area (Å²) in [5.74, 6) is 0. The first-order valence-corrected chi connectivity index (χ1v) is 4.61. The van der Waals surface area contributed by atoms with Gasteiger partial charge in [0, 0.05) is 14.5 Å². The number of nitrogens with one attached hydrogen (secondary N) is 1. The number of benzene rings is 1. The number of halogens is 1. The van der Waals surface area contributed by atoms with Crippen LogP contribution in [0.15, 0.2) is 24.3 Å². The van der Waals surface area contributed by atoms with Gasteiger partial charge in [-0.1, -0.05) is 6.07 Å². The molecular weight excluding hydrogens is 265 g/mol. The molecule has 0 spiro atoms. The molecule has 0 aliphatic heterocycles. The zero-order valence-electron chi connectivity index (χ0n) is 6.17. The predicted molar refractivity (Wildman–Crippen MR) is 56.4 cm³/mol. The van der Waals surface area contributed by atoms with Crippen molar-refractivity contribution < 1.29 is 4.79 Å². The van der Waals surface area contributed by atoms with E-state index in [1.807, 2.05) is 24.3 Å². The minimum absolute atomic E-state index is 0.633. The largest absolute Gasteiger partial charge is 0.352 e. The highest BCUT2D eigenvalue weighted by molar-refractivity contribution is 14.1. The van der Waals surface area contributed by atoms with E-state index in [0.29, 0.717) is 5.69 Å². The van der Waals surface area contributed by atoms with Crippen LogP contribution in [-0.2, 0) is 0 Å². The van der Waals surface area contributed by atoms with Gasteiger partial charge in [0.1, 0.15) is 0 Å². The van der Waals surface area contributed by atoms with Gasteiger partial charge in [0.25, 0.3) is 0 Å². The molecule has 2 aromatic rings. The van der Waals surface area contributed by atoms with Crippen LogP contribution in [0.4, 0.5) is 0 Å². The average Bonchev–Trinajstić information content (AvgIpc) is 2.49. The number of aldehydes is 1. The highest BCUT2D eigenvalue weighted by atomic mass is 127. The Balaban J connectivity index is 2.82. The normalized spacial score (nSPS) is 10.4. The maximum atomic E-state index is 10.5. The molecular formula is C9H6INO. The van der Waals surface area contributed by atoms with Crippen molar-refractivity contribution in [1.29, 1.82) is 0 Å². The average molecular weight is 271 g/mol. The number of aromatic amines is 1. The van der Waals surface area contributed by atoms with Gasteiger partial charge < -0.3 is 4.98 Å². The molecule has 60 valence electrons. The number of fused-ring (bicyclic) bond motifs is 1. The molecule has 0 saturated carbocycles. The highest BCUT2D eigenvalue weighted by Gasteiger charge is 2.01. The number of hydrogen-bond acceptors (Lipinski definition) is 1. The number of carbonyl (C=O) groups is 1. The third-order valence-electron chi connectivity index (χ3n) is 1.76. The molecule has 1 N–H and O–H groups in total. The second kappa shape index (κ2) is 2.90. The number of hydrogen-bond donors (Lipinski definition) is 1. The molecule has 1 aromatic carbocycles. The van der Waals surface area contributed by atoms with Crippen LogP contribution in [0.3, 0.4) is 0 Å². The van der Waals surface area contributed by atoms with Crippen molar-refractivity contribution in [2.45, 2.75) is 0 Å². The van der Waals surface area contributed by atoms with Crippen molar-refractivity contribution in [3.63, 3.8) is 0 Å². The number of rotatable bonds is 1. The summed E-state index contributed by atoms with van der Waals surface area (Å²) in [5, 5.41) is 1.11. The van der Waals surface area contributed by atoms with Crippen LogP contribution < -0.4 is 0 Å². The Labute approximate surface area is 83.1 Å². The van der Waals surface area contributed by atoms with Crippen molar-refractivity contribution in [2.24, 2.45) is 0 Å². The number of H-pyrrole nitrogens is 1. The van der Waals surface area contributed by atoms with Crippen molar-refractivity contribution in [3.8, 4) is 0 Å². The van der Waals surface area contributed by atoms with Gasteiger partial charge in [-0.2, -0.15) is 0 Å². The van der Waals surface area contributed by atoms with Gasteiger partial charge in [0.2, 0.25) is 0 Å². The van der Waals surface area contributed by atoms with Gasteiger partial charge >= 0.3 is 0 Å². The number of carbonyl (C=O) groups excluding carboxylic acids is 1. The van der Waals surface area contributed by atoms with E-state index in [4.69, 9.17) is 0 Å². The highest BCUT2D eigenvalue weighted by Crippen LogP contribution is 2.20. The molecule has 0 radical (unpaired) electrons. The Hall–Kier alpha value is -0.840. The van der Waals surface area contributed by atoms with Crippen molar-refractivity contribution in [2.75, 3.05) is 0 Å². The molecule has 12 heavy (non-hydrogen) atoms. The van der Waals surface area contributed by atoms with E-state index in [0.717, 1.165) is 20.8 Å². The van der Waals surface area contributed by atoms with E-state index in [1.165, 1.54) is 0 Å². The molecule has 1 aromatic heterocycles. The lowest BCUT2D eigenvalue weighted by Crippen LogP contribution is -1.74. The molecule has 0 aliphatic carbocycles. The predicted octanol–water partition coefficient (Wildman–Crippen LogP) is 2.58. The summed E-state index contributed by atoms with van der Waals surface area (Å²) in [5.41, 5.74) is 1.65. The molecule has 0 bridgehead atoms. The molecule has 0 amide bonds. The first kappa shape index (κ1) is 7.79. The molecule has 3 heteroatoms. The summed E-state index contributed by atoms with van der Waals surface area (Å²) in [6.07, 6.45) is 0.829. The first-order chi connectivity index (χ1) is 5.81. The van der Waals surface area contributed by atoms with E-state index in [9.17, 15) is 4.79 Å². The van der Waals surface area contributed by atoms with E-state index in [1.54, 1.807) is 0 Å². The Kier molecular flexibility index (Phi) is 1.88. The zero-order chi connectivity index (χ0) is 8.55. The quantitative estimate of drug-likeness (QED) is 0.627. The molecule has 2 rings (SSSR count). The van der Waals surface area contributed by atoms with Crippen LogP contribution in [0.25, 0.3) is 10.9 Å². The summed E-state index contributed by atoms with van der Waals surface area (Å²) in [6.45, 7) is 0. The summed E-state index contributed by atoms with van der Waals surface area (Å²) in [7, 11) is 0. The third kappa shape index (κ3) is 1.14. The van der Waals surface area contributed by atoms with E-state index < -0.39 is 0 Å². The Bertz CT molecular complexity index is 433. The van der Waals surface area contributed by atoms with Crippen LogP contribution in [-0.4, -0.2) is 11.3 Å². The van der Waals surface area contributed by atoms with Crippen molar-refractivity contribution in [1.82, 2.24) is 4.98 Å². The van der Waals surface area contributed by atoms with Gasteiger partial charge in [0.15, 0.2) is 6.29 Å². The second-order valence-electron chi connectivity index (χ2n) is 2.54. The van der Waals surface area contributed by atoms with Gasteiger partial charge in [-0.3, -0.25) is 4.79 Å². The molecule has 0 aliphatic rings. The fraction of sp³-hybridized carbons (Fsp3) is 0. The molecule has 2 nitrogen and oxygen atoms in total. The minimum Gasteiger partial charge on any atom is -0.352 e. The summed E-state index contributed by atoms with van der Waals surface area (Å²) >= 11 is 2.25. The smallest absolute Gasteiger partial charge is 0.166 e. The van der Waals surface area contributed by atoms with E-state index >= 15 is 0 Å². The van der Waals surface area contributed by atoms with Crippen LogP contribution >= 0.6 is 22.6 Å². The van der Waals surface area contributed by atoms with Crippen molar-refractivity contribution in [3.05, 3.63) is 33.5 Å². The first-order valence-electron chi connectivity index (χ1n) is 3.53. The SMILES string of the molecule is O=Cc1cc2c(I)cccc2[nH]1. The summed E-state index contributed by atoms with van der Waals surface area (Å²) < 4.78 is 1.16. The molecule has 0 saturated heterocycles.